The number of aromatic amines is 1. The number of halogens is 4. The lowest BCUT2D eigenvalue weighted by atomic mass is 10.1. The van der Waals surface area contributed by atoms with Crippen LogP contribution in [0.1, 0.15) is 11.3 Å². The fourth-order valence-electron chi connectivity index (χ4n) is 1.40. The van der Waals surface area contributed by atoms with E-state index in [1.54, 1.807) is 18.2 Å². The molecule has 0 aliphatic heterocycles. The van der Waals surface area contributed by atoms with Gasteiger partial charge in [-0.25, -0.2) is 4.98 Å². The van der Waals surface area contributed by atoms with Crippen LogP contribution in [0, 0.1) is 6.92 Å². The number of imidazole rings is 1. The van der Waals surface area contributed by atoms with Gasteiger partial charge in [-0.05, 0) is 24.6 Å². The summed E-state index contributed by atoms with van der Waals surface area (Å²) in [4.78, 5) is 6.00. The van der Waals surface area contributed by atoms with E-state index in [9.17, 15) is 13.2 Å². The van der Waals surface area contributed by atoms with Gasteiger partial charge < -0.3 is 4.98 Å². The van der Waals surface area contributed by atoms with Crippen molar-refractivity contribution in [3.8, 4) is 11.4 Å². The summed E-state index contributed by atoms with van der Waals surface area (Å²) in [7, 11) is 0. The van der Waals surface area contributed by atoms with E-state index >= 15 is 0 Å². The molecule has 2 rings (SSSR count). The molecule has 90 valence electrons. The van der Waals surface area contributed by atoms with Crippen molar-refractivity contribution < 1.29 is 13.2 Å². The molecule has 0 aliphatic rings. The van der Waals surface area contributed by atoms with Crippen LogP contribution < -0.4 is 0 Å². The van der Waals surface area contributed by atoms with Crippen molar-refractivity contribution in [3.05, 3.63) is 40.1 Å². The van der Waals surface area contributed by atoms with Crippen LogP contribution in [-0.2, 0) is 6.18 Å². The fourth-order valence-corrected chi connectivity index (χ4v) is 1.65. The Morgan fingerprint density at radius 3 is 2.53 bits per heavy atom. The Morgan fingerprint density at radius 2 is 2.00 bits per heavy atom. The lowest BCUT2D eigenvalue weighted by Gasteiger charge is -2.03. The van der Waals surface area contributed by atoms with Crippen molar-refractivity contribution in [2.45, 2.75) is 13.1 Å². The second-order valence-corrected chi connectivity index (χ2v) is 4.46. The molecule has 1 aromatic heterocycles. The first kappa shape index (κ1) is 12.2. The molecule has 0 amide bonds. The average molecular weight is 305 g/mol. The van der Waals surface area contributed by atoms with Crippen LogP contribution in [0.2, 0.25) is 0 Å². The maximum atomic E-state index is 12.4. The molecule has 1 N–H and O–H groups in total. The third kappa shape index (κ3) is 2.52. The smallest absolute Gasteiger partial charge is 0.334 e. The Morgan fingerprint density at radius 1 is 1.29 bits per heavy atom. The normalized spacial score (nSPS) is 11.8. The summed E-state index contributed by atoms with van der Waals surface area (Å²) < 4.78 is 38.1. The maximum Gasteiger partial charge on any atom is 0.432 e. The number of aromatic nitrogens is 2. The Balaban J connectivity index is 2.40. The lowest BCUT2D eigenvalue weighted by molar-refractivity contribution is -0.140. The van der Waals surface area contributed by atoms with Crippen LogP contribution in [-0.4, -0.2) is 9.97 Å². The highest BCUT2D eigenvalue weighted by Gasteiger charge is 2.33. The summed E-state index contributed by atoms with van der Waals surface area (Å²) in [6, 6.07) is 5.25. The molecule has 0 aliphatic carbocycles. The second kappa shape index (κ2) is 4.18. The third-order valence-electron chi connectivity index (χ3n) is 2.31. The van der Waals surface area contributed by atoms with Gasteiger partial charge in [-0.2, -0.15) is 13.2 Å². The monoisotopic (exact) mass is 304 g/mol. The first-order valence-electron chi connectivity index (χ1n) is 4.76. The van der Waals surface area contributed by atoms with E-state index in [4.69, 9.17) is 0 Å². The van der Waals surface area contributed by atoms with Gasteiger partial charge in [-0.1, -0.05) is 22.0 Å². The van der Waals surface area contributed by atoms with Gasteiger partial charge in [0, 0.05) is 10.0 Å². The van der Waals surface area contributed by atoms with Crippen LogP contribution in [0.15, 0.2) is 28.9 Å². The fraction of sp³-hybridized carbons (Fsp3) is 0.182. The van der Waals surface area contributed by atoms with Gasteiger partial charge in [-0.15, -0.1) is 0 Å². The Bertz CT molecular complexity index is 546. The number of nitrogens with one attached hydrogen (secondary N) is 1. The largest absolute Gasteiger partial charge is 0.432 e. The van der Waals surface area contributed by atoms with Gasteiger partial charge in [0.15, 0.2) is 0 Å². The minimum atomic E-state index is -4.39. The zero-order valence-corrected chi connectivity index (χ0v) is 10.4. The number of H-pyrrole nitrogens is 1. The molecule has 1 aromatic carbocycles. The van der Waals surface area contributed by atoms with Crippen molar-refractivity contribution in [3.63, 3.8) is 0 Å². The highest BCUT2D eigenvalue weighted by atomic mass is 79.9. The summed E-state index contributed by atoms with van der Waals surface area (Å²) in [6.07, 6.45) is -3.59. The number of nitrogens with zero attached hydrogens (tertiary/aromatic N) is 1. The molecule has 0 bridgehead atoms. The number of hydrogen-bond acceptors (Lipinski definition) is 1. The maximum absolute atomic E-state index is 12.4. The van der Waals surface area contributed by atoms with Crippen LogP contribution in [0.4, 0.5) is 13.2 Å². The van der Waals surface area contributed by atoms with E-state index in [2.05, 4.69) is 25.9 Å². The molecule has 0 saturated heterocycles. The van der Waals surface area contributed by atoms with Crippen LogP contribution in [0.3, 0.4) is 0 Å². The number of hydrogen-bond donors (Lipinski definition) is 1. The van der Waals surface area contributed by atoms with E-state index in [1.807, 2.05) is 6.92 Å². The Hall–Kier alpha value is -1.30. The van der Waals surface area contributed by atoms with Crippen molar-refractivity contribution in [2.24, 2.45) is 0 Å². The van der Waals surface area contributed by atoms with Gasteiger partial charge in [0.2, 0.25) is 0 Å². The average Bonchev–Trinajstić information content (AvgIpc) is 2.70. The number of benzene rings is 1. The van der Waals surface area contributed by atoms with E-state index in [-0.39, 0.29) is 5.82 Å². The zero-order chi connectivity index (χ0) is 12.6. The van der Waals surface area contributed by atoms with Crippen molar-refractivity contribution in [1.29, 1.82) is 0 Å². The Kier molecular flexibility index (Phi) is 2.99. The predicted molar refractivity (Wildman–Crippen MR) is 61.5 cm³/mol. The molecule has 0 atom stereocenters. The number of alkyl halides is 3. The molecule has 2 aromatic rings. The molecule has 2 nitrogen and oxygen atoms in total. The van der Waals surface area contributed by atoms with E-state index in [0.717, 1.165) is 16.2 Å². The van der Waals surface area contributed by atoms with Crippen LogP contribution in [0.25, 0.3) is 11.4 Å². The topological polar surface area (TPSA) is 28.7 Å². The van der Waals surface area contributed by atoms with Crippen molar-refractivity contribution in [2.75, 3.05) is 0 Å². The van der Waals surface area contributed by atoms with Crippen LogP contribution in [0.5, 0.6) is 0 Å². The van der Waals surface area contributed by atoms with Gasteiger partial charge in [0.05, 0.1) is 6.20 Å². The highest BCUT2D eigenvalue weighted by molar-refractivity contribution is 9.10. The van der Waals surface area contributed by atoms with Gasteiger partial charge in [-0.3, -0.25) is 0 Å². The predicted octanol–water partition coefficient (Wildman–Crippen LogP) is 4.17. The van der Waals surface area contributed by atoms with Gasteiger partial charge in [0.1, 0.15) is 11.5 Å². The SMILES string of the molecule is Cc1cc(-c2ncc(C(F)(F)F)[nH]2)ccc1Br. The quantitative estimate of drug-likeness (QED) is 0.842. The molecule has 0 fully saturated rings. The summed E-state index contributed by atoms with van der Waals surface area (Å²) in [5.74, 6) is 0.216. The minimum absolute atomic E-state index is 0.216. The summed E-state index contributed by atoms with van der Waals surface area (Å²) in [6.45, 7) is 1.86. The molecule has 6 heteroatoms. The highest BCUT2D eigenvalue weighted by Crippen LogP contribution is 2.30. The van der Waals surface area contributed by atoms with Crippen LogP contribution >= 0.6 is 15.9 Å². The summed E-state index contributed by atoms with van der Waals surface area (Å²) in [5.41, 5.74) is 0.724. The standard InChI is InChI=1S/C11H8BrF3N2/c1-6-4-7(2-3-8(6)12)10-16-5-9(17-10)11(13,14)15/h2-5H,1H3,(H,16,17). The summed E-state index contributed by atoms with van der Waals surface area (Å²) >= 11 is 3.33. The molecule has 17 heavy (non-hydrogen) atoms. The number of rotatable bonds is 1. The van der Waals surface area contributed by atoms with Gasteiger partial charge >= 0.3 is 6.18 Å². The van der Waals surface area contributed by atoms with Crippen molar-refractivity contribution >= 4 is 15.9 Å². The molecule has 0 saturated carbocycles. The van der Waals surface area contributed by atoms with E-state index < -0.39 is 11.9 Å². The molecular weight excluding hydrogens is 297 g/mol. The Labute approximate surface area is 104 Å². The van der Waals surface area contributed by atoms with E-state index in [1.165, 1.54) is 0 Å². The first-order chi connectivity index (χ1) is 7.88. The molecular formula is C11H8BrF3N2. The molecule has 1 heterocycles. The second-order valence-electron chi connectivity index (χ2n) is 3.61. The van der Waals surface area contributed by atoms with E-state index in [0.29, 0.717) is 5.56 Å². The third-order valence-corrected chi connectivity index (χ3v) is 3.20. The molecule has 0 unspecified atom stereocenters. The summed E-state index contributed by atoms with van der Waals surface area (Å²) in [5, 5.41) is 0. The lowest BCUT2D eigenvalue weighted by Crippen LogP contribution is -2.04. The zero-order valence-electron chi connectivity index (χ0n) is 8.77. The first-order valence-corrected chi connectivity index (χ1v) is 5.56. The molecule has 0 radical (unpaired) electrons. The molecule has 0 spiro atoms. The minimum Gasteiger partial charge on any atom is -0.334 e. The number of aryl methyl sites for hydroxylation is 1. The van der Waals surface area contributed by atoms with Gasteiger partial charge in [0.25, 0.3) is 0 Å². The van der Waals surface area contributed by atoms with Crippen molar-refractivity contribution in [1.82, 2.24) is 9.97 Å².